The van der Waals surface area contributed by atoms with Crippen molar-refractivity contribution in [2.45, 2.75) is 19.8 Å². The second-order valence-corrected chi connectivity index (χ2v) is 6.07. The summed E-state index contributed by atoms with van der Waals surface area (Å²) in [5.74, 6) is -0.145. The lowest BCUT2D eigenvalue weighted by Crippen LogP contribution is -2.40. The van der Waals surface area contributed by atoms with Crippen molar-refractivity contribution in [3.63, 3.8) is 0 Å². The summed E-state index contributed by atoms with van der Waals surface area (Å²) in [5, 5.41) is 0. The van der Waals surface area contributed by atoms with Gasteiger partial charge >= 0.3 is 5.97 Å². The summed E-state index contributed by atoms with van der Waals surface area (Å²) in [4.78, 5) is 25.8. The van der Waals surface area contributed by atoms with Crippen LogP contribution in [0.25, 0.3) is 0 Å². The van der Waals surface area contributed by atoms with E-state index in [0.29, 0.717) is 38.1 Å². The van der Waals surface area contributed by atoms with Gasteiger partial charge < -0.3 is 9.64 Å². The predicted octanol–water partition coefficient (Wildman–Crippen LogP) is 2.71. The van der Waals surface area contributed by atoms with Gasteiger partial charge in [-0.3, -0.25) is 9.59 Å². The third kappa shape index (κ3) is 3.71. The van der Waals surface area contributed by atoms with E-state index in [1.165, 1.54) is 0 Å². The Morgan fingerprint density at radius 2 is 1.85 bits per heavy atom. The Morgan fingerprint density at radius 3 is 2.40 bits per heavy atom. The van der Waals surface area contributed by atoms with Crippen LogP contribution in [0.3, 0.4) is 0 Å². The topological polar surface area (TPSA) is 46.6 Å². The molecule has 1 fully saturated rings. The van der Waals surface area contributed by atoms with Gasteiger partial charge in [0, 0.05) is 22.2 Å². The third-order valence-electron chi connectivity index (χ3n) is 3.49. The second-order valence-electron chi connectivity index (χ2n) is 4.83. The van der Waals surface area contributed by atoms with Crippen LogP contribution in [0.4, 0.5) is 0 Å². The molecule has 1 aromatic carbocycles. The van der Waals surface area contributed by atoms with Crippen LogP contribution in [0.2, 0.25) is 0 Å². The van der Waals surface area contributed by atoms with Crippen LogP contribution in [0.15, 0.2) is 24.3 Å². The zero-order valence-corrected chi connectivity index (χ0v) is 13.6. The van der Waals surface area contributed by atoms with Crippen molar-refractivity contribution < 1.29 is 14.3 Å². The second kappa shape index (κ2) is 7.06. The van der Waals surface area contributed by atoms with E-state index in [0.717, 1.165) is 3.57 Å². The van der Waals surface area contributed by atoms with E-state index < -0.39 is 0 Å². The summed E-state index contributed by atoms with van der Waals surface area (Å²) in [6, 6.07) is 7.56. The van der Waals surface area contributed by atoms with Gasteiger partial charge in [-0.25, -0.2) is 0 Å². The average Bonchev–Trinajstić information content (AvgIpc) is 2.48. The Balaban J connectivity index is 1.92. The molecule has 0 spiro atoms. The minimum atomic E-state index is -0.131. The fourth-order valence-corrected chi connectivity index (χ4v) is 2.71. The highest BCUT2D eigenvalue weighted by Gasteiger charge is 2.28. The molecule has 0 bridgehead atoms. The number of rotatable bonds is 3. The normalized spacial score (nSPS) is 16.0. The number of halogens is 1. The standard InChI is InChI=1S/C15H18INO3/c1-2-20-15(19)12-7-9-17(10-8-12)14(18)11-3-5-13(16)6-4-11/h3-6,12H,2,7-10H2,1H3. The minimum Gasteiger partial charge on any atom is -0.466 e. The summed E-state index contributed by atoms with van der Waals surface area (Å²) in [6.07, 6.45) is 1.38. The molecule has 1 aromatic rings. The summed E-state index contributed by atoms with van der Waals surface area (Å²) < 4.78 is 6.14. The molecule has 0 unspecified atom stereocenters. The van der Waals surface area contributed by atoms with Gasteiger partial charge in [0.25, 0.3) is 5.91 Å². The molecule has 1 saturated heterocycles. The molecule has 4 nitrogen and oxygen atoms in total. The van der Waals surface area contributed by atoms with Crippen molar-refractivity contribution in [3.05, 3.63) is 33.4 Å². The number of carbonyl (C=O) groups is 2. The van der Waals surface area contributed by atoms with Crippen LogP contribution in [0.5, 0.6) is 0 Å². The van der Waals surface area contributed by atoms with Crippen molar-refractivity contribution >= 4 is 34.5 Å². The van der Waals surface area contributed by atoms with Gasteiger partial charge in [0.1, 0.15) is 0 Å². The Labute approximate surface area is 132 Å². The van der Waals surface area contributed by atoms with Crippen molar-refractivity contribution in [2.75, 3.05) is 19.7 Å². The number of esters is 1. The molecule has 0 aromatic heterocycles. The highest BCUT2D eigenvalue weighted by atomic mass is 127. The number of benzene rings is 1. The summed E-state index contributed by atoms with van der Waals surface area (Å²) >= 11 is 2.22. The van der Waals surface area contributed by atoms with Crippen LogP contribution in [0.1, 0.15) is 30.1 Å². The van der Waals surface area contributed by atoms with Crippen molar-refractivity contribution in [2.24, 2.45) is 5.92 Å². The van der Waals surface area contributed by atoms with E-state index in [1.807, 2.05) is 36.1 Å². The van der Waals surface area contributed by atoms with E-state index in [4.69, 9.17) is 4.74 Å². The number of amides is 1. The van der Waals surface area contributed by atoms with Crippen LogP contribution in [-0.4, -0.2) is 36.5 Å². The molecule has 2 rings (SSSR count). The summed E-state index contributed by atoms with van der Waals surface area (Å²) in [6.45, 7) is 3.47. The van der Waals surface area contributed by atoms with Gasteiger partial charge in [-0.05, 0) is 66.6 Å². The van der Waals surface area contributed by atoms with Gasteiger partial charge in [-0.2, -0.15) is 0 Å². The number of hydrogen-bond donors (Lipinski definition) is 0. The molecule has 1 amide bonds. The molecule has 5 heteroatoms. The van der Waals surface area contributed by atoms with Crippen molar-refractivity contribution in [3.8, 4) is 0 Å². The lowest BCUT2D eigenvalue weighted by Gasteiger charge is -2.31. The fraction of sp³-hybridized carbons (Fsp3) is 0.467. The molecule has 20 heavy (non-hydrogen) atoms. The Hall–Kier alpha value is -1.11. The van der Waals surface area contributed by atoms with E-state index in [9.17, 15) is 9.59 Å². The van der Waals surface area contributed by atoms with Crippen LogP contribution >= 0.6 is 22.6 Å². The SMILES string of the molecule is CCOC(=O)C1CCN(C(=O)c2ccc(I)cc2)CC1. The van der Waals surface area contributed by atoms with Crippen LogP contribution in [-0.2, 0) is 9.53 Å². The van der Waals surface area contributed by atoms with Gasteiger partial charge in [-0.1, -0.05) is 0 Å². The van der Waals surface area contributed by atoms with Crippen molar-refractivity contribution in [1.82, 2.24) is 4.90 Å². The third-order valence-corrected chi connectivity index (χ3v) is 4.21. The van der Waals surface area contributed by atoms with Crippen molar-refractivity contribution in [1.29, 1.82) is 0 Å². The van der Waals surface area contributed by atoms with Gasteiger partial charge in [0.15, 0.2) is 0 Å². The maximum Gasteiger partial charge on any atom is 0.309 e. The Morgan fingerprint density at radius 1 is 1.25 bits per heavy atom. The number of nitrogens with zero attached hydrogens (tertiary/aromatic N) is 1. The quantitative estimate of drug-likeness (QED) is 0.592. The number of piperidine rings is 1. The summed E-state index contributed by atoms with van der Waals surface area (Å²) in [5.41, 5.74) is 0.708. The zero-order chi connectivity index (χ0) is 14.5. The van der Waals surface area contributed by atoms with E-state index >= 15 is 0 Å². The first-order valence-electron chi connectivity index (χ1n) is 6.83. The van der Waals surface area contributed by atoms with E-state index in [1.54, 1.807) is 0 Å². The van der Waals surface area contributed by atoms with Gasteiger partial charge in [-0.15, -0.1) is 0 Å². The molecule has 0 saturated carbocycles. The molecule has 1 heterocycles. The molecular weight excluding hydrogens is 369 g/mol. The average molecular weight is 387 g/mol. The van der Waals surface area contributed by atoms with Crippen LogP contribution in [0, 0.1) is 9.49 Å². The first-order valence-corrected chi connectivity index (χ1v) is 7.91. The molecule has 0 N–H and O–H groups in total. The summed E-state index contributed by atoms with van der Waals surface area (Å²) in [7, 11) is 0. The molecule has 0 radical (unpaired) electrons. The lowest BCUT2D eigenvalue weighted by atomic mass is 9.96. The predicted molar refractivity (Wildman–Crippen MR) is 84.4 cm³/mol. The monoisotopic (exact) mass is 387 g/mol. The van der Waals surface area contributed by atoms with E-state index in [-0.39, 0.29) is 17.8 Å². The fourth-order valence-electron chi connectivity index (χ4n) is 2.35. The molecule has 0 aliphatic carbocycles. The number of ether oxygens (including phenoxy) is 1. The molecule has 0 atom stereocenters. The smallest absolute Gasteiger partial charge is 0.309 e. The Bertz CT molecular complexity index is 478. The number of hydrogen-bond acceptors (Lipinski definition) is 3. The largest absolute Gasteiger partial charge is 0.466 e. The maximum absolute atomic E-state index is 12.3. The first kappa shape index (κ1) is 15.3. The molecule has 108 valence electrons. The maximum atomic E-state index is 12.3. The molecule has 1 aliphatic heterocycles. The lowest BCUT2D eigenvalue weighted by molar-refractivity contribution is -0.149. The van der Waals surface area contributed by atoms with Crippen LogP contribution < -0.4 is 0 Å². The zero-order valence-electron chi connectivity index (χ0n) is 11.5. The highest BCUT2D eigenvalue weighted by Crippen LogP contribution is 2.20. The van der Waals surface area contributed by atoms with E-state index in [2.05, 4.69) is 22.6 Å². The van der Waals surface area contributed by atoms with Gasteiger partial charge in [0.2, 0.25) is 0 Å². The number of likely N-dealkylation sites (tertiary alicyclic amines) is 1. The minimum absolute atomic E-state index is 0.0451. The first-order chi connectivity index (χ1) is 9.61. The Kier molecular flexibility index (Phi) is 5.39. The van der Waals surface area contributed by atoms with Gasteiger partial charge in [0.05, 0.1) is 12.5 Å². The highest BCUT2D eigenvalue weighted by molar-refractivity contribution is 14.1. The molecular formula is C15H18INO3. The molecule has 1 aliphatic rings. The number of carbonyl (C=O) groups excluding carboxylic acids is 2.